The monoisotopic (exact) mass is 368 g/mol. The maximum Gasteiger partial charge on any atom is 0.410 e. The number of aromatic nitrogens is 1. The van der Waals surface area contributed by atoms with Crippen LogP contribution in [0.3, 0.4) is 0 Å². The van der Waals surface area contributed by atoms with E-state index in [1.54, 1.807) is 31.1 Å². The lowest BCUT2D eigenvalue weighted by atomic mass is 10.2. The van der Waals surface area contributed by atoms with Crippen molar-refractivity contribution in [3.05, 3.63) is 22.8 Å². The van der Waals surface area contributed by atoms with E-state index in [0.29, 0.717) is 42.7 Å². The molecule has 1 aromatic heterocycles. The van der Waals surface area contributed by atoms with Crippen molar-refractivity contribution in [2.24, 2.45) is 0 Å². The summed E-state index contributed by atoms with van der Waals surface area (Å²) in [5.41, 5.74) is -0.0197. The van der Waals surface area contributed by atoms with E-state index >= 15 is 0 Å². The quantitative estimate of drug-likeness (QED) is 0.750. The molecule has 0 N–H and O–H groups in total. The fourth-order valence-electron chi connectivity index (χ4n) is 2.50. The highest BCUT2D eigenvalue weighted by Gasteiger charge is 2.28. The van der Waals surface area contributed by atoms with Gasteiger partial charge in [0.2, 0.25) is 0 Å². The Balaban J connectivity index is 2.12. The molecule has 138 valence electrons. The van der Waals surface area contributed by atoms with Crippen LogP contribution in [0.25, 0.3) is 0 Å². The summed E-state index contributed by atoms with van der Waals surface area (Å²) in [6.45, 7) is 7.64. The Labute approximate surface area is 153 Å². The average molecular weight is 369 g/mol. The second-order valence-corrected chi connectivity index (χ2v) is 7.55. The predicted octanol–water partition coefficient (Wildman–Crippen LogP) is 2.49. The van der Waals surface area contributed by atoms with Gasteiger partial charge in [-0.1, -0.05) is 11.6 Å². The Morgan fingerprint density at radius 2 is 1.76 bits per heavy atom. The lowest BCUT2D eigenvalue weighted by Crippen LogP contribution is -2.50. The normalized spacial score (nSPS) is 15.1. The largest absolute Gasteiger partial charge is 0.444 e. The molecule has 0 aromatic carbocycles. The molecule has 7 nitrogen and oxygen atoms in total. The Hall–Kier alpha value is -2.02. The molecule has 25 heavy (non-hydrogen) atoms. The van der Waals surface area contributed by atoms with Gasteiger partial charge < -0.3 is 19.4 Å². The van der Waals surface area contributed by atoms with Crippen LogP contribution in [0.2, 0.25) is 5.15 Å². The zero-order valence-corrected chi connectivity index (χ0v) is 16.1. The smallest absolute Gasteiger partial charge is 0.410 e. The summed E-state index contributed by atoms with van der Waals surface area (Å²) in [5, 5.41) is 0.333. The molecule has 0 saturated carbocycles. The minimum absolute atomic E-state index is 0.131. The molecule has 0 bridgehead atoms. The first kappa shape index (κ1) is 19.3. The van der Waals surface area contributed by atoms with Gasteiger partial charge in [0.1, 0.15) is 16.6 Å². The Kier molecular flexibility index (Phi) is 5.77. The van der Waals surface area contributed by atoms with Crippen LogP contribution in [-0.2, 0) is 4.74 Å². The van der Waals surface area contributed by atoms with E-state index in [1.807, 2.05) is 25.7 Å². The standard InChI is InChI=1S/C17H25ClN4O3/c1-17(2,3)25-16(24)22-10-8-21(9-11-22)14-12(15(23)20(4)5)6-7-13(18)19-14/h6-7H,8-11H2,1-5H3. The zero-order valence-electron chi connectivity index (χ0n) is 15.4. The highest BCUT2D eigenvalue weighted by molar-refractivity contribution is 6.29. The third kappa shape index (κ3) is 4.98. The van der Waals surface area contributed by atoms with Crippen LogP contribution >= 0.6 is 11.6 Å². The number of piperazine rings is 1. The van der Waals surface area contributed by atoms with E-state index in [-0.39, 0.29) is 12.0 Å². The van der Waals surface area contributed by atoms with Crippen LogP contribution in [0, 0.1) is 0 Å². The second-order valence-electron chi connectivity index (χ2n) is 7.16. The molecular weight excluding hydrogens is 344 g/mol. The van der Waals surface area contributed by atoms with Crippen molar-refractivity contribution in [3.63, 3.8) is 0 Å². The summed E-state index contributed by atoms with van der Waals surface area (Å²) in [6.07, 6.45) is -0.323. The molecule has 1 fully saturated rings. The summed E-state index contributed by atoms with van der Waals surface area (Å²) in [7, 11) is 3.39. The van der Waals surface area contributed by atoms with E-state index in [2.05, 4.69) is 4.98 Å². The van der Waals surface area contributed by atoms with Gasteiger partial charge in [-0.15, -0.1) is 0 Å². The first-order chi connectivity index (χ1) is 11.6. The lowest BCUT2D eigenvalue weighted by molar-refractivity contribution is 0.0240. The van der Waals surface area contributed by atoms with Gasteiger partial charge in [-0.25, -0.2) is 9.78 Å². The van der Waals surface area contributed by atoms with E-state index in [4.69, 9.17) is 16.3 Å². The minimum Gasteiger partial charge on any atom is -0.444 e. The number of nitrogens with zero attached hydrogens (tertiary/aromatic N) is 4. The van der Waals surface area contributed by atoms with Crippen molar-refractivity contribution < 1.29 is 14.3 Å². The zero-order chi connectivity index (χ0) is 18.8. The number of hydrogen-bond acceptors (Lipinski definition) is 5. The van der Waals surface area contributed by atoms with Crippen LogP contribution in [0.15, 0.2) is 12.1 Å². The average Bonchev–Trinajstić information content (AvgIpc) is 2.52. The molecule has 2 amide bonds. The molecule has 2 rings (SSSR count). The molecule has 1 aromatic rings. The SMILES string of the molecule is CN(C)C(=O)c1ccc(Cl)nc1N1CCN(C(=O)OC(C)(C)C)CC1. The minimum atomic E-state index is -0.520. The maximum absolute atomic E-state index is 12.4. The topological polar surface area (TPSA) is 66.0 Å². The van der Waals surface area contributed by atoms with Crippen molar-refractivity contribution in [3.8, 4) is 0 Å². The highest BCUT2D eigenvalue weighted by atomic mass is 35.5. The molecule has 1 saturated heterocycles. The van der Waals surface area contributed by atoms with Crippen LogP contribution < -0.4 is 4.90 Å². The maximum atomic E-state index is 12.4. The highest BCUT2D eigenvalue weighted by Crippen LogP contribution is 2.23. The second kappa shape index (κ2) is 7.47. The summed E-state index contributed by atoms with van der Waals surface area (Å²) < 4.78 is 5.40. The van der Waals surface area contributed by atoms with Crippen LogP contribution in [0.5, 0.6) is 0 Å². The Morgan fingerprint density at radius 3 is 2.28 bits per heavy atom. The van der Waals surface area contributed by atoms with Gasteiger partial charge in [-0.2, -0.15) is 0 Å². The van der Waals surface area contributed by atoms with Gasteiger partial charge >= 0.3 is 6.09 Å². The van der Waals surface area contributed by atoms with Gasteiger partial charge in [-0.3, -0.25) is 4.79 Å². The molecule has 0 unspecified atom stereocenters. The number of rotatable bonds is 2. The fraction of sp³-hybridized carbons (Fsp3) is 0.588. The van der Waals surface area contributed by atoms with Crippen LogP contribution in [0.4, 0.5) is 10.6 Å². The van der Waals surface area contributed by atoms with Gasteiger partial charge in [-0.05, 0) is 32.9 Å². The number of carbonyl (C=O) groups is 2. The number of pyridine rings is 1. The van der Waals surface area contributed by atoms with Crippen LogP contribution in [-0.4, -0.2) is 72.7 Å². The number of amides is 2. The van der Waals surface area contributed by atoms with Crippen molar-refractivity contribution in [2.75, 3.05) is 45.2 Å². The first-order valence-electron chi connectivity index (χ1n) is 8.19. The van der Waals surface area contributed by atoms with E-state index in [0.717, 1.165) is 0 Å². The molecule has 1 aliphatic rings. The summed E-state index contributed by atoms with van der Waals surface area (Å²) in [4.78, 5) is 34.0. The summed E-state index contributed by atoms with van der Waals surface area (Å²) in [5.74, 6) is 0.420. The molecule has 0 atom stereocenters. The van der Waals surface area contributed by atoms with Crippen LogP contribution in [0.1, 0.15) is 31.1 Å². The molecule has 0 aliphatic carbocycles. The molecule has 1 aliphatic heterocycles. The van der Waals surface area contributed by atoms with Crippen molar-refractivity contribution in [1.82, 2.24) is 14.8 Å². The van der Waals surface area contributed by atoms with Gasteiger partial charge in [0.15, 0.2) is 0 Å². The third-order valence-corrected chi connectivity index (χ3v) is 3.92. The number of ether oxygens (including phenoxy) is 1. The lowest BCUT2D eigenvalue weighted by Gasteiger charge is -2.36. The fourth-order valence-corrected chi connectivity index (χ4v) is 2.64. The Morgan fingerprint density at radius 1 is 1.16 bits per heavy atom. The predicted molar refractivity (Wildman–Crippen MR) is 97.3 cm³/mol. The number of hydrogen-bond donors (Lipinski definition) is 0. The molecule has 2 heterocycles. The van der Waals surface area contributed by atoms with Crippen molar-refractivity contribution >= 4 is 29.4 Å². The van der Waals surface area contributed by atoms with E-state index in [9.17, 15) is 9.59 Å². The van der Waals surface area contributed by atoms with Gasteiger partial charge in [0.25, 0.3) is 5.91 Å². The molecule has 8 heteroatoms. The number of anilines is 1. The first-order valence-corrected chi connectivity index (χ1v) is 8.57. The van der Waals surface area contributed by atoms with Crippen molar-refractivity contribution in [1.29, 1.82) is 0 Å². The van der Waals surface area contributed by atoms with Gasteiger partial charge in [0, 0.05) is 40.3 Å². The molecule has 0 radical (unpaired) electrons. The molecule has 0 spiro atoms. The third-order valence-electron chi connectivity index (χ3n) is 3.71. The number of carbonyl (C=O) groups excluding carboxylic acids is 2. The summed E-state index contributed by atoms with van der Waals surface area (Å²) >= 11 is 6.02. The van der Waals surface area contributed by atoms with Crippen molar-refractivity contribution in [2.45, 2.75) is 26.4 Å². The van der Waals surface area contributed by atoms with Gasteiger partial charge in [0.05, 0.1) is 5.56 Å². The van der Waals surface area contributed by atoms with E-state index in [1.165, 1.54) is 4.90 Å². The van der Waals surface area contributed by atoms with E-state index < -0.39 is 5.60 Å². The Bertz CT molecular complexity index is 650. The number of halogens is 1. The molecular formula is C17H25ClN4O3. The summed E-state index contributed by atoms with van der Waals surface area (Å²) in [6, 6.07) is 3.30.